The molecule has 8 nitrogen and oxygen atoms in total. The third kappa shape index (κ3) is 4.54. The van der Waals surface area contributed by atoms with E-state index >= 15 is 0 Å². The Hall–Kier alpha value is -4.30. The van der Waals surface area contributed by atoms with Gasteiger partial charge in [0.25, 0.3) is 0 Å². The summed E-state index contributed by atoms with van der Waals surface area (Å²) < 4.78 is 5.64. The predicted octanol–water partition coefficient (Wildman–Crippen LogP) is 4.49. The maximum Gasteiger partial charge on any atom is 0.233 e. The first-order valence-electron chi connectivity index (χ1n) is 15.5. The average Bonchev–Trinajstić information content (AvgIpc) is 3.29. The van der Waals surface area contributed by atoms with E-state index in [0.29, 0.717) is 34.5 Å². The zero-order valence-electron chi connectivity index (χ0n) is 25.0. The number of piperidine rings is 1. The highest BCUT2D eigenvalue weighted by Gasteiger charge is 2.57. The van der Waals surface area contributed by atoms with Crippen LogP contribution in [0.1, 0.15) is 49.7 Å². The number of Topliss-reactive ketones (excluding diaryl/α,β-unsaturated/α-hetero) is 1. The molecule has 7 rings (SSSR count). The van der Waals surface area contributed by atoms with Gasteiger partial charge in [0.05, 0.1) is 18.9 Å². The largest absolute Gasteiger partial charge is 0.508 e. The topological polar surface area (TPSA) is 104 Å². The minimum atomic E-state index is -0.612. The van der Waals surface area contributed by atoms with Crippen molar-refractivity contribution in [1.29, 1.82) is 0 Å². The van der Waals surface area contributed by atoms with Gasteiger partial charge in [0.2, 0.25) is 11.8 Å². The van der Waals surface area contributed by atoms with Crippen LogP contribution in [0.2, 0.25) is 0 Å². The van der Waals surface area contributed by atoms with Gasteiger partial charge in [0.15, 0.2) is 11.6 Å². The Morgan fingerprint density at radius 2 is 1.70 bits per heavy atom. The van der Waals surface area contributed by atoms with Crippen LogP contribution in [-0.4, -0.2) is 64.5 Å². The fourth-order valence-corrected chi connectivity index (χ4v) is 8.22. The van der Waals surface area contributed by atoms with Gasteiger partial charge >= 0.3 is 0 Å². The monoisotopic (exact) mass is 592 g/mol. The number of aromatic hydroxyl groups is 1. The zero-order valence-corrected chi connectivity index (χ0v) is 25.0. The number of fused-ring (bicyclic) bond motifs is 3. The number of methoxy groups -OCH3 is 1. The van der Waals surface area contributed by atoms with Crippen molar-refractivity contribution in [3.8, 4) is 11.5 Å². The van der Waals surface area contributed by atoms with Crippen LogP contribution in [0.3, 0.4) is 0 Å². The maximum absolute atomic E-state index is 14.3. The normalized spacial score (nSPS) is 27.5. The molecule has 8 heteroatoms. The van der Waals surface area contributed by atoms with Crippen molar-refractivity contribution in [2.45, 2.75) is 51.1 Å². The van der Waals surface area contributed by atoms with Gasteiger partial charge in [0.1, 0.15) is 11.5 Å². The van der Waals surface area contributed by atoms with E-state index in [0.717, 1.165) is 38.0 Å². The second kappa shape index (κ2) is 11.0. The summed E-state index contributed by atoms with van der Waals surface area (Å²) in [6.45, 7) is 4.10. The summed E-state index contributed by atoms with van der Waals surface area (Å²) in [6.07, 6.45) is 5.52. The second-order valence-corrected chi connectivity index (χ2v) is 12.7. The first-order chi connectivity index (χ1) is 21.3. The molecule has 3 aliphatic carbocycles. The maximum atomic E-state index is 14.3. The Kier molecular flexibility index (Phi) is 7.12. The SMILES string of the molecule is COc1cc(O)ccc1[C@H]1C2=CC[C@@H]3C(=O)N(C4CCN(Cc5ccccc5)CC4)C(=O)[C@@H]3[C@@H]2CC2=C1C(=O)C(C)=CC2=O. The number of allylic oxidation sites excluding steroid dienone is 6. The van der Waals surface area contributed by atoms with E-state index in [4.69, 9.17) is 4.74 Å². The quantitative estimate of drug-likeness (QED) is 0.310. The summed E-state index contributed by atoms with van der Waals surface area (Å²) in [6, 6.07) is 14.9. The summed E-state index contributed by atoms with van der Waals surface area (Å²) in [5.74, 6) is -2.33. The molecule has 44 heavy (non-hydrogen) atoms. The van der Waals surface area contributed by atoms with Crippen LogP contribution in [0.5, 0.6) is 11.5 Å². The number of benzene rings is 2. The first-order valence-corrected chi connectivity index (χ1v) is 15.5. The van der Waals surface area contributed by atoms with Crippen molar-refractivity contribution in [2.24, 2.45) is 17.8 Å². The van der Waals surface area contributed by atoms with Gasteiger partial charge < -0.3 is 9.84 Å². The highest BCUT2D eigenvalue weighted by Crippen LogP contribution is 2.56. The lowest BCUT2D eigenvalue weighted by Crippen LogP contribution is -2.47. The van der Waals surface area contributed by atoms with Gasteiger partial charge in [0, 0.05) is 59.9 Å². The van der Waals surface area contributed by atoms with E-state index < -0.39 is 17.8 Å². The van der Waals surface area contributed by atoms with Crippen LogP contribution in [0.4, 0.5) is 0 Å². The minimum Gasteiger partial charge on any atom is -0.508 e. The van der Waals surface area contributed by atoms with E-state index in [-0.39, 0.29) is 47.5 Å². The van der Waals surface area contributed by atoms with E-state index in [1.807, 2.05) is 24.3 Å². The van der Waals surface area contributed by atoms with Gasteiger partial charge in [-0.3, -0.25) is 29.0 Å². The molecule has 2 aromatic carbocycles. The Morgan fingerprint density at radius 3 is 2.43 bits per heavy atom. The van der Waals surface area contributed by atoms with Crippen molar-refractivity contribution in [2.75, 3.05) is 20.2 Å². The van der Waals surface area contributed by atoms with Gasteiger partial charge in [-0.1, -0.05) is 48.0 Å². The number of nitrogens with zero attached hydrogens (tertiary/aromatic N) is 2. The van der Waals surface area contributed by atoms with Crippen molar-refractivity contribution in [3.05, 3.63) is 94.1 Å². The smallest absolute Gasteiger partial charge is 0.233 e. The Morgan fingerprint density at radius 1 is 0.955 bits per heavy atom. The number of phenolic OH excluding ortho intramolecular Hbond substituents is 1. The third-order valence-electron chi connectivity index (χ3n) is 10.3. The standard InChI is InChI=1S/C36H36N2O6/c1-20-16-29(40)28-18-27-24(31(33(28)34(20)41)25-9-8-23(39)17-30(25)44-2)10-11-26-32(27)36(43)38(35(26)42)22-12-14-37(15-13-22)19-21-6-4-3-5-7-21/h3-10,16-17,22,26-27,31-32,39H,11-15,18-19H2,1-2H3/t26-,27+,31+,32-/m0/s1. The van der Waals surface area contributed by atoms with Crippen molar-refractivity contribution >= 4 is 23.4 Å². The number of carbonyl (C=O) groups is 4. The number of ether oxygens (including phenoxy) is 1. The van der Waals surface area contributed by atoms with Crippen molar-refractivity contribution < 1.29 is 29.0 Å². The highest BCUT2D eigenvalue weighted by atomic mass is 16.5. The number of amides is 2. The molecule has 2 amide bonds. The van der Waals surface area contributed by atoms with Crippen molar-refractivity contribution in [3.63, 3.8) is 0 Å². The summed E-state index contributed by atoms with van der Waals surface area (Å²) in [4.78, 5) is 59.1. The molecule has 2 saturated heterocycles. The number of ketones is 2. The van der Waals surface area contributed by atoms with E-state index in [1.54, 1.807) is 24.0 Å². The second-order valence-electron chi connectivity index (χ2n) is 12.7. The van der Waals surface area contributed by atoms with Crippen LogP contribution in [0, 0.1) is 17.8 Å². The van der Waals surface area contributed by atoms with Crippen LogP contribution in [0.15, 0.2) is 83.0 Å². The highest BCUT2D eigenvalue weighted by molar-refractivity contribution is 6.24. The summed E-state index contributed by atoms with van der Waals surface area (Å²) in [7, 11) is 1.50. The number of rotatable bonds is 5. The molecule has 0 saturated carbocycles. The van der Waals surface area contributed by atoms with Gasteiger partial charge in [-0.25, -0.2) is 0 Å². The minimum absolute atomic E-state index is 0.0222. The third-order valence-corrected chi connectivity index (χ3v) is 10.3. The molecule has 2 aliphatic heterocycles. The Labute approximate surface area is 256 Å². The summed E-state index contributed by atoms with van der Waals surface area (Å²) in [5.41, 5.74) is 3.99. The number of carbonyl (C=O) groups excluding carboxylic acids is 4. The fraction of sp³-hybridized carbons (Fsp3) is 0.389. The van der Waals surface area contributed by atoms with E-state index in [9.17, 15) is 24.3 Å². The molecule has 1 N–H and O–H groups in total. The number of hydrogen-bond donors (Lipinski definition) is 1. The van der Waals surface area contributed by atoms with Crippen LogP contribution in [-0.2, 0) is 25.7 Å². The van der Waals surface area contributed by atoms with Gasteiger partial charge in [-0.05, 0) is 56.2 Å². The molecule has 0 bridgehead atoms. The molecular weight excluding hydrogens is 556 g/mol. The molecule has 0 spiro atoms. The Bertz CT molecular complexity index is 1660. The lowest BCUT2D eigenvalue weighted by Gasteiger charge is -2.42. The summed E-state index contributed by atoms with van der Waals surface area (Å²) in [5, 5.41) is 10.2. The fourth-order valence-electron chi connectivity index (χ4n) is 8.22. The number of hydrogen-bond acceptors (Lipinski definition) is 7. The number of imide groups is 1. The van der Waals surface area contributed by atoms with Crippen molar-refractivity contribution in [1.82, 2.24) is 9.80 Å². The van der Waals surface area contributed by atoms with Crippen LogP contribution >= 0.6 is 0 Å². The van der Waals surface area contributed by atoms with Gasteiger partial charge in [-0.15, -0.1) is 0 Å². The molecule has 4 atom stereocenters. The van der Waals surface area contributed by atoms with E-state index in [2.05, 4.69) is 17.0 Å². The molecule has 2 fully saturated rings. The molecule has 2 heterocycles. The Balaban J connectivity index is 1.20. The number of likely N-dealkylation sites (tertiary alicyclic amines) is 2. The number of phenols is 1. The zero-order chi connectivity index (χ0) is 30.7. The lowest BCUT2D eigenvalue weighted by molar-refractivity contribution is -0.144. The molecule has 2 aromatic rings. The van der Waals surface area contributed by atoms with E-state index in [1.165, 1.54) is 24.8 Å². The summed E-state index contributed by atoms with van der Waals surface area (Å²) >= 11 is 0. The molecule has 226 valence electrons. The van der Waals surface area contributed by atoms with Crippen LogP contribution < -0.4 is 4.74 Å². The molecule has 0 radical (unpaired) electrons. The van der Waals surface area contributed by atoms with Crippen LogP contribution in [0.25, 0.3) is 0 Å². The molecule has 0 unspecified atom stereocenters. The molecule has 5 aliphatic rings. The van der Waals surface area contributed by atoms with Gasteiger partial charge in [-0.2, -0.15) is 0 Å². The predicted molar refractivity (Wildman–Crippen MR) is 163 cm³/mol. The lowest BCUT2D eigenvalue weighted by atomic mass is 9.59. The molecular formula is C36H36N2O6. The first kappa shape index (κ1) is 28.5. The average molecular weight is 593 g/mol. The molecule has 0 aromatic heterocycles.